The topological polar surface area (TPSA) is 4.93 Å². The molecule has 1 aromatic heterocycles. The number of nitrogens with zero attached hydrogens (tertiary/aromatic N) is 1. The van der Waals surface area contributed by atoms with E-state index in [0.717, 1.165) is 6.54 Å². The molecule has 0 aliphatic heterocycles. The van der Waals surface area contributed by atoms with E-state index < -0.39 is 0 Å². The van der Waals surface area contributed by atoms with E-state index >= 15 is 0 Å². The van der Waals surface area contributed by atoms with E-state index in [2.05, 4.69) is 55.8 Å². The lowest BCUT2D eigenvalue weighted by Crippen LogP contribution is -1.96. The third-order valence-electron chi connectivity index (χ3n) is 3.96. The monoisotopic (exact) mass is 257 g/mol. The molecule has 0 bridgehead atoms. The summed E-state index contributed by atoms with van der Waals surface area (Å²) in [4.78, 5) is 0. The molecule has 0 amide bonds. The molecule has 1 aromatic carbocycles. The van der Waals surface area contributed by atoms with Gasteiger partial charge in [0.1, 0.15) is 0 Å². The van der Waals surface area contributed by atoms with Crippen molar-refractivity contribution in [3.63, 3.8) is 0 Å². The van der Waals surface area contributed by atoms with Gasteiger partial charge in [-0.2, -0.15) is 0 Å². The number of unbranched alkanes of at least 4 members (excludes halogenated alkanes) is 4. The first-order valence-corrected chi connectivity index (χ1v) is 7.81. The van der Waals surface area contributed by atoms with Crippen molar-refractivity contribution in [2.45, 2.75) is 65.3 Å². The van der Waals surface area contributed by atoms with Crippen molar-refractivity contribution < 1.29 is 0 Å². The zero-order chi connectivity index (χ0) is 13.7. The summed E-state index contributed by atoms with van der Waals surface area (Å²) in [6.07, 6.45) is 8.99. The Kier molecular flexibility index (Phi) is 5.07. The summed E-state index contributed by atoms with van der Waals surface area (Å²) >= 11 is 0. The van der Waals surface area contributed by atoms with Crippen molar-refractivity contribution in [1.29, 1.82) is 0 Å². The maximum atomic E-state index is 2.41. The fourth-order valence-electron chi connectivity index (χ4n) is 2.66. The van der Waals surface area contributed by atoms with Crippen LogP contribution >= 0.6 is 0 Å². The van der Waals surface area contributed by atoms with Gasteiger partial charge in [-0.05, 0) is 41.5 Å². The quantitative estimate of drug-likeness (QED) is 0.558. The molecule has 1 nitrogen and oxygen atoms in total. The minimum atomic E-state index is 0.613. The van der Waals surface area contributed by atoms with E-state index in [1.54, 1.807) is 0 Å². The summed E-state index contributed by atoms with van der Waals surface area (Å²) in [7, 11) is 0. The fourth-order valence-corrected chi connectivity index (χ4v) is 2.66. The number of rotatable bonds is 7. The second-order valence-corrected chi connectivity index (χ2v) is 5.90. The van der Waals surface area contributed by atoms with Crippen LogP contribution in [0.25, 0.3) is 10.9 Å². The summed E-state index contributed by atoms with van der Waals surface area (Å²) in [5, 5.41) is 1.39. The first kappa shape index (κ1) is 14.2. The highest BCUT2D eigenvalue weighted by Gasteiger charge is 2.04. The van der Waals surface area contributed by atoms with Crippen LogP contribution in [0.3, 0.4) is 0 Å². The Balaban J connectivity index is 2.00. The Hall–Kier alpha value is -1.24. The summed E-state index contributed by atoms with van der Waals surface area (Å²) < 4.78 is 2.41. The highest BCUT2D eigenvalue weighted by atomic mass is 14.9. The molecule has 0 atom stereocenters. The van der Waals surface area contributed by atoms with Crippen LogP contribution in [0.2, 0.25) is 0 Å². The van der Waals surface area contributed by atoms with Crippen LogP contribution in [0.1, 0.15) is 64.4 Å². The van der Waals surface area contributed by atoms with Crippen molar-refractivity contribution in [2.75, 3.05) is 0 Å². The van der Waals surface area contributed by atoms with Gasteiger partial charge in [0, 0.05) is 18.3 Å². The van der Waals surface area contributed by atoms with Gasteiger partial charge in [-0.3, -0.25) is 0 Å². The number of fused-ring (bicyclic) bond motifs is 1. The Morgan fingerprint density at radius 3 is 2.53 bits per heavy atom. The summed E-state index contributed by atoms with van der Waals surface area (Å²) in [6.45, 7) is 7.94. The third kappa shape index (κ3) is 3.62. The Labute approximate surface area is 117 Å². The van der Waals surface area contributed by atoms with Gasteiger partial charge >= 0.3 is 0 Å². The molecule has 0 saturated heterocycles. The Morgan fingerprint density at radius 1 is 1.00 bits per heavy atom. The molecule has 0 saturated carbocycles. The van der Waals surface area contributed by atoms with Gasteiger partial charge < -0.3 is 4.57 Å². The molecule has 0 radical (unpaired) electrons. The van der Waals surface area contributed by atoms with Crippen molar-refractivity contribution in [3.8, 4) is 0 Å². The molecule has 0 N–H and O–H groups in total. The highest BCUT2D eigenvalue weighted by Crippen LogP contribution is 2.22. The molecule has 0 unspecified atom stereocenters. The lowest BCUT2D eigenvalue weighted by molar-refractivity contribution is 0.577. The minimum Gasteiger partial charge on any atom is -0.347 e. The third-order valence-corrected chi connectivity index (χ3v) is 3.96. The van der Waals surface area contributed by atoms with E-state index in [1.165, 1.54) is 48.6 Å². The molecule has 0 aliphatic rings. The van der Waals surface area contributed by atoms with E-state index in [9.17, 15) is 0 Å². The minimum absolute atomic E-state index is 0.613. The Bertz CT molecular complexity index is 507. The SMILES string of the molecule is CCCCCCCn1ccc2cc(C(C)C)ccc21. The molecule has 0 aliphatic carbocycles. The average Bonchev–Trinajstić information content (AvgIpc) is 2.81. The second kappa shape index (κ2) is 6.79. The normalized spacial score (nSPS) is 11.6. The molecule has 1 heteroatoms. The van der Waals surface area contributed by atoms with E-state index in [-0.39, 0.29) is 0 Å². The van der Waals surface area contributed by atoms with Gasteiger partial charge in [0.25, 0.3) is 0 Å². The van der Waals surface area contributed by atoms with Crippen LogP contribution < -0.4 is 0 Å². The predicted octanol–water partition coefficient (Wildman–Crippen LogP) is 5.74. The van der Waals surface area contributed by atoms with Crippen molar-refractivity contribution in [2.24, 2.45) is 0 Å². The summed E-state index contributed by atoms with van der Waals surface area (Å²) in [5.41, 5.74) is 2.83. The van der Waals surface area contributed by atoms with Gasteiger partial charge in [0.05, 0.1) is 0 Å². The van der Waals surface area contributed by atoms with E-state index in [1.807, 2.05) is 0 Å². The molecule has 0 fully saturated rings. The smallest absolute Gasteiger partial charge is 0.0480 e. The number of hydrogen-bond acceptors (Lipinski definition) is 0. The number of benzene rings is 1. The first-order valence-electron chi connectivity index (χ1n) is 7.81. The van der Waals surface area contributed by atoms with E-state index in [4.69, 9.17) is 0 Å². The van der Waals surface area contributed by atoms with Crippen LogP contribution in [-0.4, -0.2) is 4.57 Å². The lowest BCUT2D eigenvalue weighted by atomic mass is 10.0. The molecule has 104 valence electrons. The second-order valence-electron chi connectivity index (χ2n) is 5.90. The molecule has 19 heavy (non-hydrogen) atoms. The van der Waals surface area contributed by atoms with Gasteiger partial charge in [-0.1, -0.05) is 52.5 Å². The van der Waals surface area contributed by atoms with Crippen molar-refractivity contribution in [1.82, 2.24) is 4.57 Å². The van der Waals surface area contributed by atoms with Crippen LogP contribution in [0.5, 0.6) is 0 Å². The highest BCUT2D eigenvalue weighted by molar-refractivity contribution is 5.81. The molecular formula is C18H27N. The number of aromatic nitrogens is 1. The van der Waals surface area contributed by atoms with Gasteiger partial charge in [0.15, 0.2) is 0 Å². The van der Waals surface area contributed by atoms with Gasteiger partial charge in [-0.25, -0.2) is 0 Å². The van der Waals surface area contributed by atoms with E-state index in [0.29, 0.717) is 5.92 Å². The summed E-state index contributed by atoms with van der Waals surface area (Å²) in [5.74, 6) is 0.613. The first-order chi connectivity index (χ1) is 9.22. The predicted molar refractivity (Wildman–Crippen MR) is 84.8 cm³/mol. The molecule has 0 spiro atoms. The van der Waals surface area contributed by atoms with Crippen molar-refractivity contribution in [3.05, 3.63) is 36.0 Å². The molecule has 1 heterocycles. The number of hydrogen-bond donors (Lipinski definition) is 0. The van der Waals surface area contributed by atoms with Crippen LogP contribution in [0.15, 0.2) is 30.5 Å². The molecule has 2 aromatic rings. The maximum absolute atomic E-state index is 2.41. The van der Waals surface area contributed by atoms with Crippen molar-refractivity contribution >= 4 is 10.9 Å². The largest absolute Gasteiger partial charge is 0.347 e. The zero-order valence-corrected chi connectivity index (χ0v) is 12.7. The zero-order valence-electron chi connectivity index (χ0n) is 12.7. The molecular weight excluding hydrogens is 230 g/mol. The Morgan fingerprint density at radius 2 is 1.79 bits per heavy atom. The van der Waals surface area contributed by atoms with Crippen LogP contribution in [-0.2, 0) is 6.54 Å². The average molecular weight is 257 g/mol. The summed E-state index contributed by atoms with van der Waals surface area (Å²) in [6, 6.07) is 9.16. The molecule has 2 rings (SSSR count). The van der Waals surface area contributed by atoms with Crippen LogP contribution in [0, 0.1) is 0 Å². The standard InChI is InChI=1S/C18H27N/c1-4-5-6-7-8-12-19-13-11-17-14-16(15(2)3)9-10-18(17)19/h9-11,13-15H,4-8,12H2,1-3H3. The fraction of sp³-hybridized carbons (Fsp3) is 0.556. The van der Waals surface area contributed by atoms with Gasteiger partial charge in [-0.15, -0.1) is 0 Å². The maximum Gasteiger partial charge on any atom is 0.0480 e. The van der Waals surface area contributed by atoms with Gasteiger partial charge in [0.2, 0.25) is 0 Å². The lowest BCUT2D eigenvalue weighted by Gasteiger charge is -2.08. The van der Waals surface area contributed by atoms with Crippen LogP contribution in [0.4, 0.5) is 0 Å². The number of aryl methyl sites for hydroxylation is 1.